The Balaban J connectivity index is 2.56. The Morgan fingerprint density at radius 3 is 2.74 bits per heavy atom. The summed E-state index contributed by atoms with van der Waals surface area (Å²) in [7, 11) is 0. The zero-order valence-corrected chi connectivity index (χ0v) is 10.0. The molecule has 0 amide bonds. The number of para-hydroxylation sites is 1. The van der Waals surface area contributed by atoms with Gasteiger partial charge >= 0.3 is 0 Å². The van der Waals surface area contributed by atoms with Crippen molar-refractivity contribution in [2.45, 2.75) is 0 Å². The number of hydrogen-bond acceptors (Lipinski definition) is 3. The average Bonchev–Trinajstić information content (AvgIpc) is 2.73. The molecule has 0 spiro atoms. The second-order valence-corrected chi connectivity index (χ2v) is 4.25. The van der Waals surface area contributed by atoms with Gasteiger partial charge in [0.15, 0.2) is 0 Å². The Labute approximate surface area is 108 Å². The summed E-state index contributed by atoms with van der Waals surface area (Å²) in [5.41, 5.74) is 8.36. The molecule has 0 fully saturated rings. The summed E-state index contributed by atoms with van der Waals surface area (Å²) >= 11 is 0. The second kappa shape index (κ2) is 3.84. The standard InChI is InChI=1S/C14H11N3O2/c1-2-16-13-7-6-9(17(18)19)8-11(13)10-4-3-5-12(15)14(10)16/h2-8H,1,15H2. The van der Waals surface area contributed by atoms with Gasteiger partial charge in [0.1, 0.15) is 0 Å². The molecule has 0 aliphatic heterocycles. The van der Waals surface area contributed by atoms with E-state index >= 15 is 0 Å². The van der Waals surface area contributed by atoms with Gasteiger partial charge in [0.25, 0.3) is 5.69 Å². The van der Waals surface area contributed by atoms with Gasteiger partial charge in [0, 0.05) is 29.1 Å². The number of fused-ring (bicyclic) bond motifs is 3. The Morgan fingerprint density at radius 2 is 2.05 bits per heavy atom. The number of hydrogen-bond donors (Lipinski definition) is 1. The topological polar surface area (TPSA) is 74.1 Å². The molecule has 1 heterocycles. The van der Waals surface area contributed by atoms with E-state index in [0.717, 1.165) is 21.8 Å². The number of non-ortho nitro benzene ring substituents is 1. The molecular weight excluding hydrogens is 242 g/mol. The van der Waals surface area contributed by atoms with Crippen molar-refractivity contribution in [3.63, 3.8) is 0 Å². The smallest absolute Gasteiger partial charge is 0.270 e. The van der Waals surface area contributed by atoms with Gasteiger partial charge in [0.05, 0.1) is 21.6 Å². The molecular formula is C14H11N3O2. The van der Waals surface area contributed by atoms with Crippen LogP contribution in [0.4, 0.5) is 11.4 Å². The largest absolute Gasteiger partial charge is 0.397 e. The number of nitrogens with two attached hydrogens (primary N) is 1. The number of rotatable bonds is 2. The van der Waals surface area contributed by atoms with E-state index in [-0.39, 0.29) is 5.69 Å². The SMILES string of the molecule is C=Cn1c2ccc([N+](=O)[O-])cc2c2cccc(N)c21. The van der Waals surface area contributed by atoms with Gasteiger partial charge in [-0.25, -0.2) is 0 Å². The van der Waals surface area contributed by atoms with Crippen molar-refractivity contribution in [3.8, 4) is 0 Å². The van der Waals surface area contributed by atoms with E-state index in [9.17, 15) is 10.1 Å². The van der Waals surface area contributed by atoms with Crippen molar-refractivity contribution < 1.29 is 4.92 Å². The number of nitro groups is 1. The van der Waals surface area contributed by atoms with E-state index < -0.39 is 4.92 Å². The van der Waals surface area contributed by atoms with Crippen LogP contribution >= 0.6 is 0 Å². The van der Waals surface area contributed by atoms with Gasteiger partial charge in [-0.1, -0.05) is 18.7 Å². The van der Waals surface area contributed by atoms with Crippen LogP contribution in [0.25, 0.3) is 28.0 Å². The lowest BCUT2D eigenvalue weighted by atomic mass is 10.1. The fourth-order valence-corrected chi connectivity index (χ4v) is 2.42. The van der Waals surface area contributed by atoms with E-state index in [4.69, 9.17) is 5.73 Å². The second-order valence-electron chi connectivity index (χ2n) is 4.25. The van der Waals surface area contributed by atoms with Crippen molar-refractivity contribution in [2.75, 3.05) is 5.73 Å². The number of nitrogen functional groups attached to an aromatic ring is 1. The van der Waals surface area contributed by atoms with E-state index in [1.165, 1.54) is 6.07 Å². The summed E-state index contributed by atoms with van der Waals surface area (Å²) in [5.74, 6) is 0. The predicted octanol–water partition coefficient (Wildman–Crippen LogP) is 3.39. The molecule has 0 aliphatic carbocycles. The minimum Gasteiger partial charge on any atom is -0.397 e. The van der Waals surface area contributed by atoms with E-state index in [1.807, 2.05) is 16.7 Å². The van der Waals surface area contributed by atoms with Crippen molar-refractivity contribution in [1.82, 2.24) is 4.57 Å². The zero-order valence-electron chi connectivity index (χ0n) is 10.0. The van der Waals surface area contributed by atoms with Gasteiger partial charge in [0.2, 0.25) is 0 Å². The molecule has 5 nitrogen and oxygen atoms in total. The van der Waals surface area contributed by atoms with Crippen LogP contribution in [-0.2, 0) is 0 Å². The highest BCUT2D eigenvalue weighted by atomic mass is 16.6. The average molecular weight is 253 g/mol. The van der Waals surface area contributed by atoms with Crippen LogP contribution in [0.5, 0.6) is 0 Å². The molecule has 0 unspecified atom stereocenters. The van der Waals surface area contributed by atoms with Crippen molar-refractivity contribution in [1.29, 1.82) is 0 Å². The summed E-state index contributed by atoms with van der Waals surface area (Å²) in [6, 6.07) is 10.3. The molecule has 94 valence electrons. The number of anilines is 1. The predicted molar refractivity (Wildman–Crippen MR) is 76.9 cm³/mol. The normalized spacial score (nSPS) is 10.9. The Hall–Kier alpha value is -2.82. The molecule has 0 aliphatic rings. The highest BCUT2D eigenvalue weighted by Gasteiger charge is 2.14. The van der Waals surface area contributed by atoms with E-state index in [1.54, 1.807) is 24.4 Å². The maximum Gasteiger partial charge on any atom is 0.270 e. The fraction of sp³-hybridized carbons (Fsp3) is 0. The number of aromatic nitrogens is 1. The van der Waals surface area contributed by atoms with Crippen LogP contribution in [0.2, 0.25) is 0 Å². The first-order valence-corrected chi connectivity index (χ1v) is 5.72. The first-order chi connectivity index (χ1) is 9.13. The monoisotopic (exact) mass is 253 g/mol. The van der Waals surface area contributed by atoms with Crippen molar-refractivity contribution in [3.05, 3.63) is 53.1 Å². The molecule has 3 aromatic rings. The Kier molecular flexibility index (Phi) is 2.28. The molecule has 0 saturated carbocycles. The van der Waals surface area contributed by atoms with Gasteiger partial charge in [-0.3, -0.25) is 10.1 Å². The number of nitrogens with zero attached hydrogens (tertiary/aromatic N) is 2. The first-order valence-electron chi connectivity index (χ1n) is 5.72. The van der Waals surface area contributed by atoms with Gasteiger partial charge in [-0.05, 0) is 12.1 Å². The molecule has 2 aromatic carbocycles. The summed E-state index contributed by atoms with van der Waals surface area (Å²) in [6.45, 7) is 3.78. The molecule has 0 atom stereocenters. The summed E-state index contributed by atoms with van der Waals surface area (Å²) in [4.78, 5) is 10.5. The minimum atomic E-state index is -0.400. The van der Waals surface area contributed by atoms with Gasteiger partial charge < -0.3 is 10.3 Å². The molecule has 2 N–H and O–H groups in total. The third kappa shape index (κ3) is 1.48. The lowest BCUT2D eigenvalue weighted by molar-refractivity contribution is -0.384. The highest BCUT2D eigenvalue weighted by Crippen LogP contribution is 2.34. The molecule has 0 saturated heterocycles. The minimum absolute atomic E-state index is 0.0676. The molecule has 19 heavy (non-hydrogen) atoms. The van der Waals surface area contributed by atoms with Crippen LogP contribution in [0.1, 0.15) is 0 Å². The summed E-state index contributed by atoms with van der Waals surface area (Å²) in [5, 5.41) is 12.6. The zero-order chi connectivity index (χ0) is 13.6. The third-order valence-electron chi connectivity index (χ3n) is 3.23. The van der Waals surface area contributed by atoms with Gasteiger partial charge in [-0.15, -0.1) is 0 Å². The van der Waals surface area contributed by atoms with Crippen LogP contribution in [-0.4, -0.2) is 9.49 Å². The lowest BCUT2D eigenvalue weighted by Crippen LogP contribution is -1.91. The van der Waals surface area contributed by atoms with Crippen molar-refractivity contribution in [2.24, 2.45) is 0 Å². The van der Waals surface area contributed by atoms with E-state index in [0.29, 0.717) is 5.69 Å². The molecule has 0 bridgehead atoms. The Bertz CT molecular complexity index is 833. The summed E-state index contributed by atoms with van der Waals surface area (Å²) in [6.07, 6.45) is 1.66. The molecule has 5 heteroatoms. The first kappa shape index (κ1) is 11.3. The molecule has 3 rings (SSSR count). The summed E-state index contributed by atoms with van der Waals surface area (Å²) < 4.78 is 1.85. The van der Waals surface area contributed by atoms with Crippen LogP contribution < -0.4 is 5.73 Å². The van der Waals surface area contributed by atoms with Crippen LogP contribution in [0.15, 0.2) is 43.0 Å². The number of benzene rings is 2. The maximum atomic E-state index is 10.9. The highest BCUT2D eigenvalue weighted by molar-refractivity contribution is 6.13. The van der Waals surface area contributed by atoms with Crippen LogP contribution in [0, 0.1) is 10.1 Å². The third-order valence-corrected chi connectivity index (χ3v) is 3.23. The quantitative estimate of drug-likeness (QED) is 0.432. The van der Waals surface area contributed by atoms with Crippen molar-refractivity contribution >= 4 is 39.4 Å². The Morgan fingerprint density at radius 1 is 1.26 bits per heavy atom. The molecule has 1 aromatic heterocycles. The van der Waals surface area contributed by atoms with Gasteiger partial charge in [-0.2, -0.15) is 0 Å². The fourth-order valence-electron chi connectivity index (χ4n) is 2.42. The molecule has 0 radical (unpaired) electrons. The maximum absolute atomic E-state index is 10.9. The number of nitro benzene ring substituents is 1. The van der Waals surface area contributed by atoms with Crippen LogP contribution in [0.3, 0.4) is 0 Å². The lowest BCUT2D eigenvalue weighted by Gasteiger charge is -2.01. The van der Waals surface area contributed by atoms with E-state index in [2.05, 4.69) is 6.58 Å².